The Morgan fingerprint density at radius 2 is 2.05 bits per heavy atom. The predicted molar refractivity (Wildman–Crippen MR) is 63.9 cm³/mol. The number of ether oxygens (including phenoxy) is 2. The van der Waals surface area contributed by atoms with Gasteiger partial charge >= 0.3 is 6.36 Å². The van der Waals surface area contributed by atoms with E-state index in [0.29, 0.717) is 17.2 Å². The number of hydrogen-bond acceptors (Lipinski definition) is 3. The van der Waals surface area contributed by atoms with E-state index >= 15 is 0 Å². The molecular weight excluding hydrogens is 259 g/mol. The lowest BCUT2D eigenvalue weighted by atomic mass is 10.0. The first kappa shape index (κ1) is 14.0. The highest BCUT2D eigenvalue weighted by molar-refractivity contribution is 5.42. The molecule has 0 amide bonds. The molecule has 106 valence electrons. The maximum atomic E-state index is 12.1. The zero-order valence-corrected chi connectivity index (χ0v) is 10.5. The van der Waals surface area contributed by atoms with Crippen LogP contribution in [0.5, 0.6) is 11.5 Å². The monoisotopic (exact) mass is 275 g/mol. The van der Waals surface area contributed by atoms with Crippen molar-refractivity contribution in [2.75, 3.05) is 7.11 Å². The van der Waals surface area contributed by atoms with Crippen LogP contribution in [0.2, 0.25) is 0 Å². The Morgan fingerprint density at radius 1 is 1.37 bits per heavy atom. The topological polar surface area (TPSA) is 44.5 Å². The summed E-state index contributed by atoms with van der Waals surface area (Å²) < 4.78 is 45.3. The molecule has 0 spiro atoms. The van der Waals surface area contributed by atoms with E-state index in [9.17, 15) is 13.2 Å². The molecule has 0 unspecified atom stereocenters. The summed E-state index contributed by atoms with van der Waals surface area (Å²) in [6.07, 6.45) is -1.53. The summed E-state index contributed by atoms with van der Waals surface area (Å²) in [6, 6.07) is 3.79. The van der Waals surface area contributed by atoms with Crippen LogP contribution in [0.3, 0.4) is 0 Å². The number of hydrogen-bond donors (Lipinski definition) is 1. The number of rotatable bonds is 5. The van der Waals surface area contributed by atoms with Gasteiger partial charge in [-0.05, 0) is 18.4 Å². The summed E-state index contributed by atoms with van der Waals surface area (Å²) in [5.74, 6) is 0.660. The van der Waals surface area contributed by atoms with Gasteiger partial charge in [-0.3, -0.25) is 0 Å². The van der Waals surface area contributed by atoms with E-state index in [1.54, 1.807) is 0 Å². The van der Waals surface area contributed by atoms with Crippen LogP contribution >= 0.6 is 0 Å². The van der Waals surface area contributed by atoms with Crippen LogP contribution in [0, 0.1) is 5.92 Å². The van der Waals surface area contributed by atoms with Gasteiger partial charge in [0.2, 0.25) is 0 Å². The third-order valence-corrected chi connectivity index (χ3v) is 3.12. The molecule has 1 atom stereocenters. The Labute approximate surface area is 109 Å². The minimum absolute atomic E-state index is 0.220. The summed E-state index contributed by atoms with van der Waals surface area (Å²) in [6.45, 7) is 0. The van der Waals surface area contributed by atoms with Crippen molar-refractivity contribution in [1.82, 2.24) is 0 Å². The van der Waals surface area contributed by atoms with Crippen LogP contribution in [0.15, 0.2) is 18.2 Å². The van der Waals surface area contributed by atoms with Crippen LogP contribution in [0.4, 0.5) is 13.2 Å². The molecule has 6 heteroatoms. The van der Waals surface area contributed by atoms with E-state index in [1.807, 2.05) is 0 Å². The van der Waals surface area contributed by atoms with E-state index in [4.69, 9.17) is 10.5 Å². The Kier molecular flexibility index (Phi) is 3.89. The minimum Gasteiger partial charge on any atom is -0.496 e. The predicted octanol–water partition coefficient (Wildman–Crippen LogP) is 3.39. The fourth-order valence-electron chi connectivity index (χ4n) is 2.03. The Hall–Kier alpha value is -1.43. The molecule has 19 heavy (non-hydrogen) atoms. The zero-order valence-electron chi connectivity index (χ0n) is 10.5. The first-order valence-corrected chi connectivity index (χ1v) is 6.08. The van der Waals surface area contributed by atoms with Crippen molar-refractivity contribution in [3.63, 3.8) is 0 Å². The van der Waals surface area contributed by atoms with Gasteiger partial charge in [0.15, 0.2) is 0 Å². The average molecular weight is 275 g/mol. The molecule has 3 nitrogen and oxygen atoms in total. The second-order valence-corrected chi connectivity index (χ2v) is 4.74. The Morgan fingerprint density at radius 3 is 2.58 bits per heavy atom. The van der Waals surface area contributed by atoms with Crippen LogP contribution < -0.4 is 15.2 Å². The quantitative estimate of drug-likeness (QED) is 0.895. The van der Waals surface area contributed by atoms with Crippen molar-refractivity contribution in [3.05, 3.63) is 23.8 Å². The molecule has 1 aliphatic carbocycles. The SMILES string of the molecule is COc1cc(OC(F)(F)F)ccc1[C@@H](N)CC1CC1. The molecule has 0 aromatic heterocycles. The molecule has 1 fully saturated rings. The van der Waals surface area contributed by atoms with E-state index in [-0.39, 0.29) is 11.8 Å². The van der Waals surface area contributed by atoms with Crippen molar-refractivity contribution >= 4 is 0 Å². The summed E-state index contributed by atoms with van der Waals surface area (Å²) in [7, 11) is 1.40. The lowest BCUT2D eigenvalue weighted by Crippen LogP contribution is -2.17. The molecule has 0 heterocycles. The van der Waals surface area contributed by atoms with Gasteiger partial charge in [-0.2, -0.15) is 0 Å². The molecule has 1 saturated carbocycles. The zero-order chi connectivity index (χ0) is 14.0. The second kappa shape index (κ2) is 5.28. The van der Waals surface area contributed by atoms with Gasteiger partial charge < -0.3 is 15.2 Å². The maximum Gasteiger partial charge on any atom is 0.573 e. The van der Waals surface area contributed by atoms with Gasteiger partial charge in [0.05, 0.1) is 7.11 Å². The first-order chi connectivity index (χ1) is 8.89. The normalized spacial score (nSPS) is 17.1. The standard InChI is InChI=1S/C13H16F3NO2/c1-18-12-7-9(19-13(14,15)16)4-5-10(12)11(17)6-8-2-3-8/h4-5,7-8,11H,2-3,6,17H2,1H3/t11-/m0/s1. The molecule has 2 N–H and O–H groups in total. The second-order valence-electron chi connectivity index (χ2n) is 4.74. The minimum atomic E-state index is -4.71. The van der Waals surface area contributed by atoms with Crippen molar-refractivity contribution in [1.29, 1.82) is 0 Å². The number of nitrogens with two attached hydrogens (primary N) is 1. The van der Waals surface area contributed by atoms with Gasteiger partial charge in [-0.15, -0.1) is 13.2 Å². The number of alkyl halides is 3. The van der Waals surface area contributed by atoms with Crippen molar-refractivity contribution < 1.29 is 22.6 Å². The molecular formula is C13H16F3NO2. The molecule has 0 saturated heterocycles. The lowest BCUT2D eigenvalue weighted by molar-refractivity contribution is -0.274. The van der Waals surface area contributed by atoms with Gasteiger partial charge in [-0.1, -0.05) is 18.9 Å². The Bertz CT molecular complexity index is 444. The smallest absolute Gasteiger partial charge is 0.496 e. The third-order valence-electron chi connectivity index (χ3n) is 3.12. The molecule has 2 rings (SSSR count). The van der Waals surface area contributed by atoms with E-state index in [0.717, 1.165) is 6.42 Å². The number of benzene rings is 1. The summed E-state index contributed by atoms with van der Waals surface area (Å²) >= 11 is 0. The van der Waals surface area contributed by atoms with Crippen molar-refractivity contribution in [2.45, 2.75) is 31.7 Å². The molecule has 0 aliphatic heterocycles. The van der Waals surface area contributed by atoms with Gasteiger partial charge in [-0.25, -0.2) is 0 Å². The fourth-order valence-corrected chi connectivity index (χ4v) is 2.03. The number of halogens is 3. The fraction of sp³-hybridized carbons (Fsp3) is 0.538. The van der Waals surface area contributed by atoms with Gasteiger partial charge in [0.25, 0.3) is 0 Å². The van der Waals surface area contributed by atoms with Crippen LogP contribution in [-0.4, -0.2) is 13.5 Å². The highest BCUT2D eigenvalue weighted by Crippen LogP contribution is 2.39. The van der Waals surface area contributed by atoms with Crippen molar-refractivity contribution in [3.8, 4) is 11.5 Å². The largest absolute Gasteiger partial charge is 0.573 e. The van der Waals surface area contributed by atoms with E-state index in [1.165, 1.54) is 38.2 Å². The molecule has 0 bridgehead atoms. The van der Waals surface area contributed by atoms with E-state index in [2.05, 4.69) is 4.74 Å². The number of methoxy groups -OCH3 is 1. The summed E-state index contributed by atoms with van der Waals surface area (Å²) in [5.41, 5.74) is 6.76. The highest BCUT2D eigenvalue weighted by Gasteiger charge is 2.32. The molecule has 0 radical (unpaired) electrons. The van der Waals surface area contributed by atoms with E-state index < -0.39 is 6.36 Å². The van der Waals surface area contributed by atoms with Crippen molar-refractivity contribution in [2.24, 2.45) is 11.7 Å². The highest BCUT2D eigenvalue weighted by atomic mass is 19.4. The summed E-state index contributed by atoms with van der Waals surface area (Å²) in [4.78, 5) is 0. The van der Waals surface area contributed by atoms with Gasteiger partial charge in [0.1, 0.15) is 11.5 Å². The summed E-state index contributed by atoms with van der Waals surface area (Å²) in [5, 5.41) is 0. The third kappa shape index (κ3) is 4.02. The van der Waals surface area contributed by atoms with Crippen LogP contribution in [0.1, 0.15) is 30.9 Å². The average Bonchev–Trinajstić information content (AvgIpc) is 3.10. The molecule has 1 aromatic rings. The molecule has 1 aromatic carbocycles. The maximum absolute atomic E-state index is 12.1. The van der Waals surface area contributed by atoms with Gasteiger partial charge in [0, 0.05) is 17.7 Å². The lowest BCUT2D eigenvalue weighted by Gasteiger charge is -2.17. The first-order valence-electron chi connectivity index (χ1n) is 6.08. The van der Waals surface area contributed by atoms with Crippen LogP contribution in [0.25, 0.3) is 0 Å². The Balaban J connectivity index is 2.15. The van der Waals surface area contributed by atoms with Crippen LogP contribution in [-0.2, 0) is 0 Å². The molecule has 1 aliphatic rings.